The molecule has 0 amide bonds. The number of hydrogen-bond donors (Lipinski definition) is 1. The number of benzene rings is 1. The Morgan fingerprint density at radius 2 is 1.60 bits per heavy atom. The van der Waals surface area contributed by atoms with Gasteiger partial charge in [0.2, 0.25) is 0 Å². The summed E-state index contributed by atoms with van der Waals surface area (Å²) in [6.07, 6.45) is 2.13. The highest BCUT2D eigenvalue weighted by atomic mass is 32.2. The fourth-order valence-electron chi connectivity index (χ4n) is 1.62. The fraction of sp³-hybridized carbons (Fsp3) is 0.556. The number of aryl methyl sites for hydroxylation is 1. The second-order valence-corrected chi connectivity index (χ2v) is 9.00. The summed E-state index contributed by atoms with van der Waals surface area (Å²) in [5, 5.41) is 0. The van der Waals surface area contributed by atoms with Crippen molar-refractivity contribution in [3.63, 3.8) is 0 Å². The SMILES string of the molecule is C=C(CCc1ccc(NSC(C)(C)C)cc1)C(C)(C)C. The van der Waals surface area contributed by atoms with Crippen molar-refractivity contribution >= 4 is 17.6 Å². The van der Waals surface area contributed by atoms with E-state index in [-0.39, 0.29) is 10.2 Å². The zero-order chi connectivity index (χ0) is 15.4. The summed E-state index contributed by atoms with van der Waals surface area (Å²) in [7, 11) is 0. The summed E-state index contributed by atoms with van der Waals surface area (Å²) in [6, 6.07) is 8.74. The van der Waals surface area contributed by atoms with Crippen LogP contribution < -0.4 is 4.72 Å². The molecule has 1 rings (SSSR count). The Labute approximate surface area is 129 Å². The lowest BCUT2D eigenvalue weighted by atomic mass is 9.84. The van der Waals surface area contributed by atoms with Gasteiger partial charge in [-0.15, -0.1) is 0 Å². The van der Waals surface area contributed by atoms with Crippen molar-refractivity contribution < 1.29 is 0 Å². The minimum atomic E-state index is 0.213. The molecule has 0 heterocycles. The van der Waals surface area contributed by atoms with Crippen LogP contribution in [0.5, 0.6) is 0 Å². The minimum Gasteiger partial charge on any atom is -0.329 e. The van der Waals surface area contributed by atoms with Crippen LogP contribution in [0, 0.1) is 5.41 Å². The molecule has 1 nitrogen and oxygen atoms in total. The Morgan fingerprint density at radius 3 is 2.05 bits per heavy atom. The molecule has 0 bridgehead atoms. The highest BCUT2D eigenvalue weighted by Gasteiger charge is 2.14. The van der Waals surface area contributed by atoms with Gasteiger partial charge in [0.05, 0.1) is 0 Å². The average Bonchev–Trinajstić information content (AvgIpc) is 2.32. The van der Waals surface area contributed by atoms with Gasteiger partial charge >= 0.3 is 0 Å². The fourth-order valence-corrected chi connectivity index (χ4v) is 2.18. The molecule has 1 aromatic rings. The Bertz CT molecular complexity index is 432. The van der Waals surface area contributed by atoms with Crippen LogP contribution in [-0.2, 0) is 6.42 Å². The number of rotatable bonds is 5. The van der Waals surface area contributed by atoms with Crippen LogP contribution in [0.1, 0.15) is 53.5 Å². The van der Waals surface area contributed by atoms with Crippen LogP contribution in [-0.4, -0.2) is 4.75 Å². The predicted octanol–water partition coefficient (Wildman–Crippen LogP) is 6.08. The van der Waals surface area contributed by atoms with E-state index in [1.807, 2.05) is 0 Å². The molecule has 112 valence electrons. The van der Waals surface area contributed by atoms with E-state index in [9.17, 15) is 0 Å². The van der Waals surface area contributed by atoms with E-state index in [2.05, 4.69) is 77.1 Å². The third-order valence-electron chi connectivity index (χ3n) is 3.21. The molecule has 1 aromatic carbocycles. The van der Waals surface area contributed by atoms with Crippen LogP contribution in [0.3, 0.4) is 0 Å². The molecule has 1 N–H and O–H groups in total. The topological polar surface area (TPSA) is 12.0 Å². The van der Waals surface area contributed by atoms with E-state index < -0.39 is 0 Å². The van der Waals surface area contributed by atoms with Gasteiger partial charge in [0.15, 0.2) is 0 Å². The molecule has 0 saturated heterocycles. The lowest BCUT2D eigenvalue weighted by Crippen LogP contribution is -2.10. The van der Waals surface area contributed by atoms with Gasteiger partial charge in [0.25, 0.3) is 0 Å². The van der Waals surface area contributed by atoms with Crippen molar-refractivity contribution in [3.8, 4) is 0 Å². The maximum atomic E-state index is 4.20. The smallest absolute Gasteiger partial charge is 0.0440 e. The second-order valence-electron chi connectivity index (χ2n) is 7.37. The van der Waals surface area contributed by atoms with E-state index in [4.69, 9.17) is 0 Å². The Hall–Kier alpha value is -0.890. The summed E-state index contributed by atoms with van der Waals surface area (Å²) < 4.78 is 3.63. The first-order valence-corrected chi connectivity index (χ1v) is 8.11. The zero-order valence-electron chi connectivity index (χ0n) is 13.8. The van der Waals surface area contributed by atoms with Crippen molar-refractivity contribution in [2.75, 3.05) is 4.72 Å². The Kier molecular flexibility index (Phi) is 5.76. The minimum absolute atomic E-state index is 0.213. The van der Waals surface area contributed by atoms with Gasteiger partial charge in [-0.2, -0.15) is 0 Å². The summed E-state index contributed by atoms with van der Waals surface area (Å²) in [6.45, 7) is 17.5. The number of allylic oxidation sites excluding steroid dienone is 1. The lowest BCUT2D eigenvalue weighted by Gasteiger charge is -2.22. The van der Waals surface area contributed by atoms with E-state index in [0.29, 0.717) is 0 Å². The second kappa shape index (κ2) is 6.71. The van der Waals surface area contributed by atoms with E-state index >= 15 is 0 Å². The van der Waals surface area contributed by atoms with Crippen LogP contribution in [0.4, 0.5) is 5.69 Å². The summed E-state index contributed by atoms with van der Waals surface area (Å²) >= 11 is 1.75. The van der Waals surface area contributed by atoms with Crippen molar-refractivity contribution in [1.29, 1.82) is 0 Å². The lowest BCUT2D eigenvalue weighted by molar-refractivity contribution is 0.484. The monoisotopic (exact) mass is 291 g/mol. The summed E-state index contributed by atoms with van der Waals surface area (Å²) in [5.74, 6) is 0. The Balaban J connectivity index is 2.49. The first-order chi connectivity index (χ1) is 9.08. The molecule has 0 aromatic heterocycles. The first-order valence-electron chi connectivity index (χ1n) is 7.29. The van der Waals surface area contributed by atoms with E-state index in [0.717, 1.165) is 12.8 Å². The Morgan fingerprint density at radius 1 is 1.05 bits per heavy atom. The van der Waals surface area contributed by atoms with Gasteiger partial charge in [-0.1, -0.05) is 45.1 Å². The van der Waals surface area contributed by atoms with Gasteiger partial charge in [-0.3, -0.25) is 0 Å². The molecular formula is C18H29NS. The third-order valence-corrected chi connectivity index (χ3v) is 4.16. The van der Waals surface area contributed by atoms with Gasteiger partial charge in [-0.25, -0.2) is 0 Å². The summed E-state index contributed by atoms with van der Waals surface area (Å²) in [4.78, 5) is 0. The molecule has 0 unspecified atom stereocenters. The predicted molar refractivity (Wildman–Crippen MR) is 94.3 cm³/mol. The molecule has 0 fully saturated rings. The van der Waals surface area contributed by atoms with Gasteiger partial charge in [-0.05, 0) is 68.7 Å². The standard InChI is InChI=1S/C18H29NS/c1-14(17(2,3)4)8-9-15-10-12-16(13-11-15)19-20-18(5,6)7/h10-13,19H,1,8-9H2,2-7H3. The largest absolute Gasteiger partial charge is 0.329 e. The van der Waals surface area contributed by atoms with Gasteiger partial charge in [0.1, 0.15) is 0 Å². The first kappa shape index (κ1) is 17.2. The molecule has 2 heteroatoms. The molecule has 0 aliphatic carbocycles. The third kappa shape index (κ3) is 6.51. The van der Waals surface area contributed by atoms with Crippen molar-refractivity contribution in [2.24, 2.45) is 5.41 Å². The number of anilines is 1. The van der Waals surface area contributed by atoms with E-state index in [1.165, 1.54) is 16.8 Å². The van der Waals surface area contributed by atoms with Crippen molar-refractivity contribution in [3.05, 3.63) is 42.0 Å². The van der Waals surface area contributed by atoms with Gasteiger partial charge in [0, 0.05) is 10.4 Å². The average molecular weight is 292 g/mol. The summed E-state index contributed by atoms with van der Waals surface area (Å²) in [5.41, 5.74) is 4.08. The molecule has 0 saturated carbocycles. The highest BCUT2D eigenvalue weighted by Crippen LogP contribution is 2.28. The molecule has 20 heavy (non-hydrogen) atoms. The highest BCUT2D eigenvalue weighted by molar-refractivity contribution is 8.01. The molecule has 0 spiro atoms. The van der Waals surface area contributed by atoms with Crippen LogP contribution in [0.15, 0.2) is 36.4 Å². The van der Waals surface area contributed by atoms with Crippen molar-refractivity contribution in [1.82, 2.24) is 0 Å². The maximum Gasteiger partial charge on any atom is 0.0440 e. The van der Waals surface area contributed by atoms with Crippen LogP contribution >= 0.6 is 11.9 Å². The number of hydrogen-bond acceptors (Lipinski definition) is 2. The molecule has 0 atom stereocenters. The zero-order valence-corrected chi connectivity index (χ0v) is 14.7. The number of nitrogens with one attached hydrogen (secondary N) is 1. The normalized spacial score (nSPS) is 12.3. The molecule has 0 aliphatic rings. The quantitative estimate of drug-likeness (QED) is 0.521. The van der Waals surface area contributed by atoms with Crippen LogP contribution in [0.2, 0.25) is 0 Å². The van der Waals surface area contributed by atoms with Crippen LogP contribution in [0.25, 0.3) is 0 Å². The van der Waals surface area contributed by atoms with E-state index in [1.54, 1.807) is 11.9 Å². The van der Waals surface area contributed by atoms with Gasteiger partial charge < -0.3 is 4.72 Å². The molecule has 0 radical (unpaired) electrons. The molecule has 0 aliphatic heterocycles. The van der Waals surface area contributed by atoms with Crippen molar-refractivity contribution in [2.45, 2.75) is 59.1 Å². The maximum absolute atomic E-state index is 4.20. The molecular weight excluding hydrogens is 262 g/mol.